The van der Waals surface area contributed by atoms with Gasteiger partial charge in [-0.15, -0.1) is 0 Å². The highest BCUT2D eigenvalue weighted by molar-refractivity contribution is 6.07. The number of primary amides is 1. The number of H-pyrrole nitrogens is 1. The fourth-order valence-electron chi connectivity index (χ4n) is 5.04. The molecule has 35 heavy (non-hydrogen) atoms. The van der Waals surface area contributed by atoms with E-state index in [9.17, 15) is 4.79 Å². The molecule has 1 aliphatic heterocycles. The second-order valence-electron chi connectivity index (χ2n) is 9.18. The highest BCUT2D eigenvalue weighted by atomic mass is 16.5. The van der Waals surface area contributed by atoms with Gasteiger partial charge in [-0.1, -0.05) is 0 Å². The van der Waals surface area contributed by atoms with Crippen LogP contribution in [0.5, 0.6) is 5.75 Å². The van der Waals surface area contributed by atoms with Gasteiger partial charge in [0, 0.05) is 23.9 Å². The van der Waals surface area contributed by atoms with Crippen LogP contribution >= 0.6 is 0 Å². The van der Waals surface area contributed by atoms with Gasteiger partial charge in [-0.05, 0) is 54.7 Å². The first-order valence-corrected chi connectivity index (χ1v) is 11.6. The Morgan fingerprint density at radius 3 is 2.89 bits per heavy atom. The minimum absolute atomic E-state index is 0.145. The van der Waals surface area contributed by atoms with Crippen molar-refractivity contribution in [3.63, 3.8) is 0 Å². The smallest absolute Gasteiger partial charge is 0.292 e. The summed E-state index contributed by atoms with van der Waals surface area (Å²) in [5, 5.41) is 8.97. The number of hydrogen-bond acceptors (Lipinski definition) is 7. The molecular formula is C25H23N7O3. The minimum Gasteiger partial charge on any atom is -0.491 e. The van der Waals surface area contributed by atoms with E-state index in [-0.39, 0.29) is 17.8 Å². The summed E-state index contributed by atoms with van der Waals surface area (Å²) in [5.74, 6) is 0.712. The summed E-state index contributed by atoms with van der Waals surface area (Å²) < 4.78 is 13.2. The third-order valence-electron chi connectivity index (χ3n) is 6.80. The number of aromatic amines is 1. The maximum absolute atomic E-state index is 12.0. The van der Waals surface area contributed by atoms with Crippen LogP contribution in [0.2, 0.25) is 0 Å². The van der Waals surface area contributed by atoms with E-state index in [0.29, 0.717) is 24.3 Å². The molecule has 0 spiro atoms. The number of amides is 1. The van der Waals surface area contributed by atoms with Crippen LogP contribution in [0.1, 0.15) is 18.9 Å². The lowest BCUT2D eigenvalue weighted by atomic mass is 10.0. The maximum Gasteiger partial charge on any atom is 0.292 e. The SMILES string of the molecule is NC(=O)[C@H](C1CC1)n1cc(-c2cc3c4c(c(-c5ccc6oc(N)nc6c5)[nH]c4c2)NCCO3)cn1. The predicted molar refractivity (Wildman–Crippen MR) is 132 cm³/mol. The second kappa shape index (κ2) is 7.26. The summed E-state index contributed by atoms with van der Waals surface area (Å²) in [7, 11) is 0. The van der Waals surface area contributed by atoms with Gasteiger partial charge in [0.25, 0.3) is 6.01 Å². The van der Waals surface area contributed by atoms with Crippen LogP contribution in [0.4, 0.5) is 11.7 Å². The number of benzene rings is 2. The van der Waals surface area contributed by atoms with Crippen LogP contribution in [0, 0.1) is 5.92 Å². The Kier molecular flexibility index (Phi) is 4.14. The van der Waals surface area contributed by atoms with Gasteiger partial charge in [-0.2, -0.15) is 10.1 Å². The van der Waals surface area contributed by atoms with Crippen molar-refractivity contribution in [3.05, 3.63) is 42.7 Å². The van der Waals surface area contributed by atoms with E-state index >= 15 is 0 Å². The maximum atomic E-state index is 12.0. The summed E-state index contributed by atoms with van der Waals surface area (Å²) in [5.41, 5.74) is 18.4. The van der Waals surface area contributed by atoms with E-state index in [1.54, 1.807) is 10.9 Å². The average molecular weight is 470 g/mol. The van der Waals surface area contributed by atoms with E-state index in [1.807, 2.05) is 30.5 Å². The summed E-state index contributed by atoms with van der Waals surface area (Å²) >= 11 is 0. The number of hydrogen-bond donors (Lipinski definition) is 4. The zero-order valence-electron chi connectivity index (χ0n) is 18.7. The van der Waals surface area contributed by atoms with Crippen LogP contribution in [0.3, 0.4) is 0 Å². The zero-order chi connectivity index (χ0) is 23.7. The molecule has 1 fully saturated rings. The Hall–Kier alpha value is -4.47. The fourth-order valence-corrected chi connectivity index (χ4v) is 5.04. The molecule has 1 saturated carbocycles. The quantitative estimate of drug-likeness (QED) is 0.307. The number of carbonyl (C=O) groups is 1. The van der Waals surface area contributed by atoms with Crippen molar-refractivity contribution >= 4 is 39.6 Å². The third-order valence-corrected chi connectivity index (χ3v) is 6.80. The van der Waals surface area contributed by atoms with Gasteiger partial charge >= 0.3 is 0 Å². The normalized spacial score (nSPS) is 16.1. The lowest BCUT2D eigenvalue weighted by molar-refractivity contribution is -0.122. The van der Waals surface area contributed by atoms with E-state index in [1.165, 1.54) is 0 Å². The van der Waals surface area contributed by atoms with Crippen LogP contribution in [-0.2, 0) is 4.79 Å². The highest BCUT2D eigenvalue weighted by Gasteiger charge is 2.37. The summed E-state index contributed by atoms with van der Waals surface area (Å²) in [6.45, 7) is 1.21. The first-order valence-electron chi connectivity index (χ1n) is 11.6. The third kappa shape index (κ3) is 3.21. The van der Waals surface area contributed by atoms with Crippen molar-refractivity contribution in [3.8, 4) is 28.1 Å². The molecular weight excluding hydrogens is 446 g/mol. The van der Waals surface area contributed by atoms with Gasteiger partial charge in [-0.3, -0.25) is 9.48 Å². The summed E-state index contributed by atoms with van der Waals surface area (Å²) in [4.78, 5) is 19.9. The van der Waals surface area contributed by atoms with Crippen molar-refractivity contribution in [1.82, 2.24) is 19.7 Å². The molecule has 10 nitrogen and oxygen atoms in total. The molecule has 0 saturated heterocycles. The Morgan fingerprint density at radius 1 is 1.17 bits per heavy atom. The second-order valence-corrected chi connectivity index (χ2v) is 9.18. The molecule has 10 heteroatoms. The molecule has 1 atom stereocenters. The van der Waals surface area contributed by atoms with Crippen molar-refractivity contribution in [2.24, 2.45) is 11.7 Å². The average Bonchev–Trinajstić information content (AvgIpc) is 3.31. The number of ether oxygens (including phenoxy) is 1. The fraction of sp³-hybridized carbons (Fsp3) is 0.240. The molecule has 0 bridgehead atoms. The number of nitrogen functional groups attached to an aromatic ring is 1. The molecule has 6 N–H and O–H groups in total. The Bertz CT molecular complexity index is 1630. The number of nitrogens with zero attached hydrogens (tertiary/aromatic N) is 3. The predicted octanol–water partition coefficient (Wildman–Crippen LogP) is 3.66. The molecule has 1 amide bonds. The molecule has 176 valence electrons. The number of carbonyl (C=O) groups excluding carboxylic acids is 1. The first-order chi connectivity index (χ1) is 17.0. The molecule has 2 aromatic carbocycles. The van der Waals surface area contributed by atoms with E-state index in [4.69, 9.17) is 20.6 Å². The molecule has 0 unspecified atom stereocenters. The van der Waals surface area contributed by atoms with Gasteiger partial charge in [0.2, 0.25) is 5.91 Å². The molecule has 2 aliphatic rings. The van der Waals surface area contributed by atoms with Gasteiger partial charge in [0.15, 0.2) is 5.58 Å². The number of nitrogens with one attached hydrogen (secondary N) is 2. The lowest BCUT2D eigenvalue weighted by Crippen LogP contribution is -2.28. The number of rotatable bonds is 5. The Balaban J connectivity index is 1.35. The van der Waals surface area contributed by atoms with Crippen molar-refractivity contribution in [1.29, 1.82) is 0 Å². The molecule has 0 radical (unpaired) electrons. The number of nitrogens with two attached hydrogens (primary N) is 2. The number of aromatic nitrogens is 4. The summed E-state index contributed by atoms with van der Waals surface area (Å²) in [6.07, 6.45) is 5.67. The minimum atomic E-state index is -0.404. The Labute approximate surface area is 199 Å². The largest absolute Gasteiger partial charge is 0.491 e. The molecule has 3 aromatic heterocycles. The molecule has 1 aliphatic carbocycles. The van der Waals surface area contributed by atoms with Crippen LogP contribution in [0.15, 0.2) is 47.1 Å². The van der Waals surface area contributed by atoms with E-state index in [0.717, 1.165) is 57.6 Å². The van der Waals surface area contributed by atoms with Gasteiger partial charge < -0.3 is 30.9 Å². The zero-order valence-corrected chi connectivity index (χ0v) is 18.7. The van der Waals surface area contributed by atoms with Crippen LogP contribution in [-0.4, -0.2) is 38.8 Å². The highest BCUT2D eigenvalue weighted by Crippen LogP contribution is 2.44. The number of anilines is 2. The van der Waals surface area contributed by atoms with Crippen LogP contribution < -0.4 is 21.5 Å². The monoisotopic (exact) mass is 469 g/mol. The lowest BCUT2D eigenvalue weighted by Gasteiger charge is -2.12. The van der Waals surface area contributed by atoms with Gasteiger partial charge in [-0.25, -0.2) is 0 Å². The molecule has 4 heterocycles. The Morgan fingerprint density at radius 2 is 2.06 bits per heavy atom. The van der Waals surface area contributed by atoms with Crippen molar-refractivity contribution < 1.29 is 13.9 Å². The number of fused-ring (bicyclic) bond motifs is 1. The summed E-state index contributed by atoms with van der Waals surface area (Å²) in [6, 6.07) is 9.65. The van der Waals surface area contributed by atoms with E-state index in [2.05, 4.69) is 26.4 Å². The van der Waals surface area contributed by atoms with Gasteiger partial charge in [0.05, 0.1) is 28.5 Å². The van der Waals surface area contributed by atoms with Crippen molar-refractivity contribution in [2.45, 2.75) is 18.9 Å². The number of oxazole rings is 1. The van der Waals surface area contributed by atoms with Crippen molar-refractivity contribution in [2.75, 3.05) is 24.2 Å². The van der Waals surface area contributed by atoms with Crippen LogP contribution in [0.25, 0.3) is 44.4 Å². The van der Waals surface area contributed by atoms with Gasteiger partial charge in [0.1, 0.15) is 23.9 Å². The standard InChI is InChI=1S/C25H23N7O3/c26-24(33)23(12-1-2-12)32-11-15(10-29-32)14-8-17-20-19(9-14)34-6-5-28-22(20)21(30-17)13-3-4-18-16(7-13)31-25(27)35-18/h3-4,7-12,23,28,30H,1-2,5-6H2,(H2,26,33)(H2,27,31)/t23-/m0/s1. The van der Waals surface area contributed by atoms with E-state index < -0.39 is 6.04 Å². The molecule has 7 rings (SSSR count). The molecule has 5 aromatic rings. The topological polar surface area (TPSA) is 150 Å². The first kappa shape index (κ1) is 20.0.